The van der Waals surface area contributed by atoms with Crippen LogP contribution in [0.15, 0.2) is 36.4 Å². The van der Waals surface area contributed by atoms with Crippen LogP contribution in [0.4, 0.5) is 0 Å². The van der Waals surface area contributed by atoms with E-state index < -0.39 is 0 Å². The SMILES string of the molecule is OCc1cc(CO)cc(CCCCCCc2cc(CO)cc(CO)c2)c1. The minimum atomic E-state index is 0.00354. The van der Waals surface area contributed by atoms with Crippen molar-refractivity contribution in [2.45, 2.75) is 65.0 Å². The molecule has 0 unspecified atom stereocenters. The molecule has 0 heterocycles. The third kappa shape index (κ3) is 6.54. The van der Waals surface area contributed by atoms with Gasteiger partial charge in [0.1, 0.15) is 0 Å². The maximum atomic E-state index is 9.29. The summed E-state index contributed by atoms with van der Waals surface area (Å²) in [5.41, 5.74) is 5.77. The summed E-state index contributed by atoms with van der Waals surface area (Å²) in [4.78, 5) is 0. The lowest BCUT2D eigenvalue weighted by molar-refractivity contribution is 0.274. The Labute approximate surface area is 155 Å². The highest BCUT2D eigenvalue weighted by atomic mass is 16.3. The van der Waals surface area contributed by atoms with Gasteiger partial charge < -0.3 is 20.4 Å². The predicted molar refractivity (Wildman–Crippen MR) is 102 cm³/mol. The molecule has 2 aromatic carbocycles. The highest BCUT2D eigenvalue weighted by Gasteiger charge is 2.03. The molecular formula is C22H30O4. The summed E-state index contributed by atoms with van der Waals surface area (Å²) >= 11 is 0. The van der Waals surface area contributed by atoms with Gasteiger partial charge >= 0.3 is 0 Å². The third-order valence-corrected chi connectivity index (χ3v) is 4.64. The van der Waals surface area contributed by atoms with Gasteiger partial charge in [0.25, 0.3) is 0 Å². The second-order valence-corrected chi connectivity index (χ2v) is 6.86. The van der Waals surface area contributed by atoms with Gasteiger partial charge in [0.05, 0.1) is 26.4 Å². The number of unbranched alkanes of at least 4 members (excludes halogenated alkanes) is 3. The molecule has 4 heteroatoms. The molecule has 0 saturated heterocycles. The molecule has 142 valence electrons. The minimum absolute atomic E-state index is 0.00354. The zero-order valence-corrected chi connectivity index (χ0v) is 15.3. The molecule has 26 heavy (non-hydrogen) atoms. The highest BCUT2D eigenvalue weighted by Crippen LogP contribution is 2.17. The Bertz CT molecular complexity index is 578. The monoisotopic (exact) mass is 358 g/mol. The summed E-state index contributed by atoms with van der Waals surface area (Å²) < 4.78 is 0. The van der Waals surface area contributed by atoms with Crippen molar-refractivity contribution >= 4 is 0 Å². The Balaban J connectivity index is 1.74. The lowest BCUT2D eigenvalue weighted by atomic mass is 9.99. The van der Waals surface area contributed by atoms with E-state index in [1.807, 2.05) is 36.4 Å². The van der Waals surface area contributed by atoms with E-state index in [0.29, 0.717) is 0 Å². The summed E-state index contributed by atoms with van der Waals surface area (Å²) in [5, 5.41) is 37.2. The molecule has 0 spiro atoms. The van der Waals surface area contributed by atoms with Gasteiger partial charge in [0.2, 0.25) is 0 Å². The molecule has 2 rings (SSSR count). The van der Waals surface area contributed by atoms with Gasteiger partial charge in [-0.05, 0) is 59.1 Å². The number of hydrogen-bond acceptors (Lipinski definition) is 4. The van der Waals surface area contributed by atoms with Crippen LogP contribution in [0.5, 0.6) is 0 Å². The summed E-state index contributed by atoms with van der Waals surface area (Å²) in [6.45, 7) is 0.0142. The van der Waals surface area contributed by atoms with E-state index in [9.17, 15) is 20.4 Å². The molecule has 0 bridgehead atoms. The van der Waals surface area contributed by atoms with Gasteiger partial charge in [0.15, 0.2) is 0 Å². The molecule has 0 fully saturated rings. The topological polar surface area (TPSA) is 80.9 Å². The van der Waals surface area contributed by atoms with Gasteiger partial charge in [-0.25, -0.2) is 0 Å². The average Bonchev–Trinajstić information content (AvgIpc) is 2.69. The normalized spacial score (nSPS) is 11.1. The molecule has 0 amide bonds. The van der Waals surface area contributed by atoms with E-state index in [0.717, 1.165) is 60.8 Å². The van der Waals surface area contributed by atoms with E-state index in [1.54, 1.807) is 0 Å². The van der Waals surface area contributed by atoms with Gasteiger partial charge in [0, 0.05) is 0 Å². The summed E-state index contributed by atoms with van der Waals surface area (Å²) in [5.74, 6) is 0. The van der Waals surface area contributed by atoms with Gasteiger partial charge in [-0.2, -0.15) is 0 Å². The first-order valence-corrected chi connectivity index (χ1v) is 9.35. The van der Waals surface area contributed by atoms with Crippen molar-refractivity contribution in [1.82, 2.24) is 0 Å². The maximum absolute atomic E-state index is 9.29. The van der Waals surface area contributed by atoms with Crippen LogP contribution in [0.3, 0.4) is 0 Å². The first kappa shape index (κ1) is 20.6. The fourth-order valence-corrected chi connectivity index (χ4v) is 3.34. The summed E-state index contributed by atoms with van der Waals surface area (Å²) in [7, 11) is 0. The first-order chi connectivity index (χ1) is 12.7. The number of rotatable bonds is 11. The molecule has 0 saturated carbocycles. The highest BCUT2D eigenvalue weighted by molar-refractivity contribution is 5.30. The fourth-order valence-electron chi connectivity index (χ4n) is 3.34. The predicted octanol–water partition coefficient (Wildman–Crippen LogP) is 3.00. The molecule has 0 aromatic heterocycles. The smallest absolute Gasteiger partial charge is 0.0682 e. The van der Waals surface area contributed by atoms with Crippen molar-refractivity contribution in [3.05, 3.63) is 69.8 Å². The van der Waals surface area contributed by atoms with Crippen LogP contribution in [0.25, 0.3) is 0 Å². The standard InChI is InChI=1S/C22H30O4/c23-13-19-7-17(8-20(11-19)14-24)5-3-1-2-4-6-18-9-21(15-25)12-22(10-18)16-26/h7-12,23-26H,1-6,13-16H2. The zero-order chi connectivity index (χ0) is 18.8. The molecule has 4 nitrogen and oxygen atoms in total. The Morgan fingerprint density at radius 3 is 0.923 bits per heavy atom. The van der Waals surface area contributed by atoms with E-state index in [-0.39, 0.29) is 26.4 Å². The van der Waals surface area contributed by atoms with Crippen molar-refractivity contribution in [2.75, 3.05) is 0 Å². The van der Waals surface area contributed by atoms with E-state index in [4.69, 9.17) is 0 Å². The molecule has 0 radical (unpaired) electrons. The van der Waals surface area contributed by atoms with Crippen LogP contribution in [0.1, 0.15) is 59.1 Å². The molecular weight excluding hydrogens is 328 g/mol. The molecule has 0 aliphatic carbocycles. The van der Waals surface area contributed by atoms with Gasteiger partial charge in [-0.15, -0.1) is 0 Å². The number of hydrogen-bond donors (Lipinski definition) is 4. The second kappa shape index (κ2) is 11.1. The van der Waals surface area contributed by atoms with Gasteiger partial charge in [-0.1, -0.05) is 49.2 Å². The fraction of sp³-hybridized carbons (Fsp3) is 0.455. The second-order valence-electron chi connectivity index (χ2n) is 6.86. The van der Waals surface area contributed by atoms with Crippen molar-refractivity contribution in [3.63, 3.8) is 0 Å². The molecule has 4 N–H and O–H groups in total. The van der Waals surface area contributed by atoms with Crippen molar-refractivity contribution in [2.24, 2.45) is 0 Å². The summed E-state index contributed by atoms with van der Waals surface area (Å²) in [6, 6.07) is 11.7. The van der Waals surface area contributed by atoms with Crippen molar-refractivity contribution in [1.29, 1.82) is 0 Å². The van der Waals surface area contributed by atoms with Crippen molar-refractivity contribution < 1.29 is 20.4 Å². The zero-order valence-electron chi connectivity index (χ0n) is 15.3. The number of aliphatic hydroxyl groups excluding tert-OH is 4. The lowest BCUT2D eigenvalue weighted by Crippen LogP contribution is -1.96. The average molecular weight is 358 g/mol. The lowest BCUT2D eigenvalue weighted by Gasteiger charge is -2.08. The Morgan fingerprint density at radius 2 is 0.654 bits per heavy atom. The molecule has 0 atom stereocenters. The third-order valence-electron chi connectivity index (χ3n) is 4.64. The number of aryl methyl sites for hydroxylation is 2. The van der Waals surface area contributed by atoms with Crippen LogP contribution < -0.4 is 0 Å². The van der Waals surface area contributed by atoms with E-state index in [1.165, 1.54) is 11.1 Å². The quantitative estimate of drug-likeness (QED) is 0.466. The van der Waals surface area contributed by atoms with Crippen molar-refractivity contribution in [3.8, 4) is 0 Å². The maximum Gasteiger partial charge on any atom is 0.0682 e. The van der Waals surface area contributed by atoms with Crippen LogP contribution in [0.2, 0.25) is 0 Å². The Hall–Kier alpha value is -1.72. The Morgan fingerprint density at radius 1 is 0.385 bits per heavy atom. The largest absolute Gasteiger partial charge is 0.392 e. The van der Waals surface area contributed by atoms with Gasteiger partial charge in [-0.3, -0.25) is 0 Å². The Kier molecular flexibility index (Phi) is 8.78. The van der Waals surface area contributed by atoms with Crippen LogP contribution in [0, 0.1) is 0 Å². The number of benzene rings is 2. The first-order valence-electron chi connectivity index (χ1n) is 9.35. The van der Waals surface area contributed by atoms with Crippen LogP contribution in [-0.2, 0) is 39.3 Å². The van der Waals surface area contributed by atoms with E-state index in [2.05, 4.69) is 0 Å². The number of aliphatic hydroxyl groups is 4. The van der Waals surface area contributed by atoms with Crippen LogP contribution in [-0.4, -0.2) is 20.4 Å². The summed E-state index contributed by atoms with van der Waals surface area (Å²) in [6.07, 6.45) is 6.33. The minimum Gasteiger partial charge on any atom is -0.392 e. The molecule has 2 aromatic rings. The molecule has 0 aliphatic rings. The molecule has 0 aliphatic heterocycles. The van der Waals surface area contributed by atoms with E-state index >= 15 is 0 Å². The van der Waals surface area contributed by atoms with Crippen LogP contribution >= 0.6 is 0 Å².